The van der Waals surface area contributed by atoms with Crippen LogP contribution >= 0.6 is 15.9 Å². The van der Waals surface area contributed by atoms with Crippen LogP contribution in [0.1, 0.15) is 15.9 Å². The summed E-state index contributed by atoms with van der Waals surface area (Å²) >= 11 is 3.31. The van der Waals surface area contributed by atoms with Gasteiger partial charge in [-0.3, -0.25) is 4.79 Å². The van der Waals surface area contributed by atoms with E-state index in [2.05, 4.69) is 26.5 Å². The number of rotatable bonds is 7. The van der Waals surface area contributed by atoms with Gasteiger partial charge < -0.3 is 9.47 Å². The Labute approximate surface area is 180 Å². The van der Waals surface area contributed by atoms with E-state index in [1.54, 1.807) is 48.5 Å². The van der Waals surface area contributed by atoms with Gasteiger partial charge in [-0.05, 0) is 78.4 Å². The molecule has 0 radical (unpaired) electrons. The fraction of sp³-hybridized carbons (Fsp3) is 0.0455. The predicted octanol–water partition coefficient (Wildman–Crippen LogP) is 4.34. The molecule has 0 aliphatic carbocycles. The van der Waals surface area contributed by atoms with Gasteiger partial charge in [0.1, 0.15) is 17.3 Å². The van der Waals surface area contributed by atoms with E-state index in [4.69, 9.17) is 9.47 Å². The molecule has 0 atom stereocenters. The van der Waals surface area contributed by atoms with E-state index in [1.165, 1.54) is 30.5 Å². The first-order chi connectivity index (χ1) is 14.5. The minimum atomic E-state index is -0.462. The van der Waals surface area contributed by atoms with Crippen LogP contribution in [0.15, 0.2) is 82.4 Å². The number of halogens is 2. The maximum atomic E-state index is 12.8. The van der Waals surface area contributed by atoms with Crippen molar-refractivity contribution in [3.63, 3.8) is 0 Å². The first-order valence-corrected chi connectivity index (χ1v) is 9.57. The molecule has 0 bridgehead atoms. The monoisotopic (exact) mass is 470 g/mol. The van der Waals surface area contributed by atoms with Crippen molar-refractivity contribution in [2.45, 2.75) is 0 Å². The number of nitrogens with one attached hydrogen (secondary N) is 1. The van der Waals surface area contributed by atoms with Crippen molar-refractivity contribution in [2.24, 2.45) is 5.10 Å². The second-order valence-corrected chi connectivity index (χ2v) is 6.92. The van der Waals surface area contributed by atoms with E-state index in [0.29, 0.717) is 22.6 Å². The number of benzene rings is 3. The Kier molecular flexibility index (Phi) is 7.29. The molecule has 3 aromatic rings. The summed E-state index contributed by atoms with van der Waals surface area (Å²) in [5, 5.41) is 3.84. The van der Waals surface area contributed by atoms with Crippen LogP contribution in [0, 0.1) is 5.82 Å². The molecular weight excluding hydrogens is 455 g/mol. The summed E-state index contributed by atoms with van der Waals surface area (Å²) in [5.41, 5.74) is 3.46. The molecule has 0 aliphatic rings. The Morgan fingerprint density at radius 2 is 1.57 bits per heavy atom. The average Bonchev–Trinajstić information content (AvgIpc) is 2.75. The van der Waals surface area contributed by atoms with Gasteiger partial charge in [-0.25, -0.2) is 14.6 Å². The third-order valence-electron chi connectivity index (χ3n) is 3.76. The number of hydrogen-bond acceptors (Lipinski definition) is 5. The molecule has 1 N–H and O–H groups in total. The third-order valence-corrected chi connectivity index (χ3v) is 4.29. The molecule has 30 heavy (non-hydrogen) atoms. The van der Waals surface area contributed by atoms with Crippen molar-refractivity contribution in [3.8, 4) is 11.5 Å². The fourth-order valence-electron chi connectivity index (χ4n) is 2.26. The van der Waals surface area contributed by atoms with Gasteiger partial charge in [0.15, 0.2) is 6.61 Å². The summed E-state index contributed by atoms with van der Waals surface area (Å²) in [5.74, 6) is -0.543. The molecule has 0 saturated heterocycles. The van der Waals surface area contributed by atoms with Crippen molar-refractivity contribution < 1.29 is 23.5 Å². The topological polar surface area (TPSA) is 77.0 Å². The van der Waals surface area contributed by atoms with Crippen molar-refractivity contribution in [1.82, 2.24) is 5.43 Å². The van der Waals surface area contributed by atoms with Gasteiger partial charge in [0.25, 0.3) is 5.91 Å². The predicted molar refractivity (Wildman–Crippen MR) is 113 cm³/mol. The first-order valence-electron chi connectivity index (χ1n) is 8.78. The van der Waals surface area contributed by atoms with E-state index < -0.39 is 11.9 Å². The van der Waals surface area contributed by atoms with Crippen LogP contribution in [-0.4, -0.2) is 24.7 Å². The van der Waals surface area contributed by atoms with Gasteiger partial charge >= 0.3 is 5.97 Å². The normalized spacial score (nSPS) is 10.6. The largest absolute Gasteiger partial charge is 0.484 e. The SMILES string of the molecule is O=C(COc1ccc(F)cc1)NN=Cc1ccc(OC(=O)c2ccc(Br)cc2)cc1. The number of esters is 1. The van der Waals surface area contributed by atoms with Crippen LogP contribution in [-0.2, 0) is 4.79 Å². The van der Waals surface area contributed by atoms with Gasteiger partial charge in [-0.1, -0.05) is 15.9 Å². The number of hydrogen-bond donors (Lipinski definition) is 1. The van der Waals surface area contributed by atoms with Gasteiger partial charge in [-0.15, -0.1) is 0 Å². The van der Waals surface area contributed by atoms with Gasteiger partial charge in [0, 0.05) is 4.47 Å². The Hall–Kier alpha value is -3.52. The molecule has 3 aromatic carbocycles. The van der Waals surface area contributed by atoms with Crippen molar-refractivity contribution in [1.29, 1.82) is 0 Å². The lowest BCUT2D eigenvalue weighted by molar-refractivity contribution is -0.123. The molecule has 152 valence electrons. The molecule has 0 fully saturated rings. The molecule has 8 heteroatoms. The second-order valence-electron chi connectivity index (χ2n) is 6.00. The number of hydrazone groups is 1. The average molecular weight is 471 g/mol. The van der Waals surface area contributed by atoms with Crippen LogP contribution < -0.4 is 14.9 Å². The maximum absolute atomic E-state index is 12.8. The highest BCUT2D eigenvalue weighted by Crippen LogP contribution is 2.16. The van der Waals surface area contributed by atoms with Gasteiger partial charge in [0.05, 0.1) is 11.8 Å². The van der Waals surface area contributed by atoms with Gasteiger partial charge in [0.2, 0.25) is 0 Å². The molecule has 1 amide bonds. The van der Waals surface area contributed by atoms with E-state index in [1.807, 2.05) is 0 Å². The van der Waals surface area contributed by atoms with Crippen LogP contribution in [0.5, 0.6) is 11.5 Å². The molecule has 0 aliphatic heterocycles. The summed E-state index contributed by atoms with van der Waals surface area (Å²) in [6, 6.07) is 18.8. The summed E-state index contributed by atoms with van der Waals surface area (Å²) in [6.07, 6.45) is 1.44. The number of nitrogens with zero attached hydrogens (tertiary/aromatic N) is 1. The zero-order valence-electron chi connectivity index (χ0n) is 15.5. The standard InChI is InChI=1S/C22H16BrFN2O4/c23-17-5-3-16(4-6-17)22(28)30-20-9-1-15(2-10-20)13-25-26-21(27)14-29-19-11-7-18(24)8-12-19/h1-13H,14H2,(H,26,27). The van der Waals surface area contributed by atoms with Crippen molar-refractivity contribution in [3.05, 3.63) is 94.2 Å². The lowest BCUT2D eigenvalue weighted by Crippen LogP contribution is -2.24. The lowest BCUT2D eigenvalue weighted by Gasteiger charge is -2.05. The summed E-state index contributed by atoms with van der Waals surface area (Å²) < 4.78 is 24.2. The summed E-state index contributed by atoms with van der Waals surface area (Å²) in [4.78, 5) is 23.8. The molecule has 0 saturated carbocycles. The zero-order chi connectivity index (χ0) is 21.3. The number of carbonyl (C=O) groups excluding carboxylic acids is 2. The highest BCUT2D eigenvalue weighted by atomic mass is 79.9. The number of carbonyl (C=O) groups is 2. The maximum Gasteiger partial charge on any atom is 0.343 e. The Bertz CT molecular complexity index is 1040. The Morgan fingerprint density at radius 3 is 2.23 bits per heavy atom. The third kappa shape index (κ3) is 6.52. The van der Waals surface area contributed by atoms with Crippen LogP contribution in [0.25, 0.3) is 0 Å². The second kappa shape index (κ2) is 10.3. The highest BCUT2D eigenvalue weighted by molar-refractivity contribution is 9.10. The van der Waals surface area contributed by atoms with E-state index in [-0.39, 0.29) is 12.4 Å². The molecule has 0 aromatic heterocycles. The highest BCUT2D eigenvalue weighted by Gasteiger charge is 2.08. The number of amides is 1. The fourth-order valence-corrected chi connectivity index (χ4v) is 2.53. The Morgan fingerprint density at radius 1 is 0.933 bits per heavy atom. The molecular formula is C22H16BrFN2O4. The smallest absolute Gasteiger partial charge is 0.343 e. The quantitative estimate of drug-likeness (QED) is 0.241. The van der Waals surface area contributed by atoms with E-state index >= 15 is 0 Å². The molecule has 0 heterocycles. The van der Waals surface area contributed by atoms with Crippen molar-refractivity contribution in [2.75, 3.05) is 6.61 Å². The molecule has 3 rings (SSSR count). The molecule has 0 spiro atoms. The first kappa shape index (κ1) is 21.2. The Balaban J connectivity index is 1.45. The van der Waals surface area contributed by atoms with Crippen LogP contribution in [0.4, 0.5) is 4.39 Å². The lowest BCUT2D eigenvalue weighted by atomic mass is 10.2. The summed E-state index contributed by atoms with van der Waals surface area (Å²) in [6.45, 7) is -0.256. The van der Waals surface area contributed by atoms with Gasteiger partial charge in [-0.2, -0.15) is 5.10 Å². The van der Waals surface area contributed by atoms with E-state index in [0.717, 1.165) is 4.47 Å². The molecule has 0 unspecified atom stereocenters. The minimum Gasteiger partial charge on any atom is -0.484 e. The minimum absolute atomic E-state index is 0.256. The molecule has 6 nitrogen and oxygen atoms in total. The zero-order valence-corrected chi connectivity index (χ0v) is 17.1. The van der Waals surface area contributed by atoms with Crippen LogP contribution in [0.2, 0.25) is 0 Å². The summed E-state index contributed by atoms with van der Waals surface area (Å²) in [7, 11) is 0. The van der Waals surface area contributed by atoms with Crippen LogP contribution in [0.3, 0.4) is 0 Å². The van der Waals surface area contributed by atoms with Crippen molar-refractivity contribution >= 4 is 34.0 Å². The van der Waals surface area contributed by atoms with E-state index in [9.17, 15) is 14.0 Å². The number of ether oxygens (including phenoxy) is 2.